The molecular weight excluding hydrogens is 350 g/mol. The van der Waals surface area contributed by atoms with E-state index in [9.17, 15) is 21.6 Å². The highest BCUT2D eigenvalue weighted by molar-refractivity contribution is 7.91. The molecule has 0 rings (SSSR count). The molecule has 0 aliphatic carbocycles. The van der Waals surface area contributed by atoms with Crippen LogP contribution in [0.1, 0.15) is 27.7 Å². The van der Waals surface area contributed by atoms with Crippen molar-refractivity contribution in [1.29, 1.82) is 0 Å². The zero-order chi connectivity index (χ0) is 18.5. The molecule has 0 amide bonds. The molecule has 0 saturated carbocycles. The highest BCUT2D eigenvalue weighted by atomic mass is 32.2. The van der Waals surface area contributed by atoms with E-state index in [1.165, 1.54) is 27.7 Å². The summed E-state index contributed by atoms with van der Waals surface area (Å²) in [5.74, 6) is -0.906. The third-order valence-corrected chi connectivity index (χ3v) is 6.74. The summed E-state index contributed by atoms with van der Waals surface area (Å²) in [7, 11) is -7.53. The third-order valence-electron chi connectivity index (χ3n) is 2.83. The number of esters is 1. The molecular formula is C11H25N3O7S2. The third kappa shape index (κ3) is 7.54. The van der Waals surface area contributed by atoms with E-state index >= 15 is 0 Å². The lowest BCUT2D eigenvalue weighted by Gasteiger charge is -2.25. The molecule has 138 valence electrons. The van der Waals surface area contributed by atoms with E-state index < -0.39 is 55.4 Å². The number of nitrogens with one attached hydrogen (secondary N) is 2. The number of rotatable bonds is 10. The summed E-state index contributed by atoms with van der Waals surface area (Å²) >= 11 is 0. The predicted octanol–water partition coefficient (Wildman–Crippen LogP) is -2.17. The monoisotopic (exact) mass is 375 g/mol. The fraction of sp³-hybridized carbons (Fsp3) is 0.909. The zero-order valence-electron chi connectivity index (χ0n) is 13.6. The predicted molar refractivity (Wildman–Crippen MR) is 84.2 cm³/mol. The lowest BCUT2D eigenvalue weighted by Crippen LogP contribution is -2.49. The van der Waals surface area contributed by atoms with E-state index in [-0.39, 0.29) is 6.54 Å². The van der Waals surface area contributed by atoms with Gasteiger partial charge in [-0.05, 0) is 27.7 Å². The quantitative estimate of drug-likeness (QED) is 0.247. The number of carbonyl (C=O) groups is 1. The van der Waals surface area contributed by atoms with Crippen LogP contribution < -0.4 is 15.2 Å². The van der Waals surface area contributed by atoms with Gasteiger partial charge in [0.05, 0.1) is 5.25 Å². The number of nitrogens with two attached hydrogens (primary N) is 1. The molecule has 0 spiro atoms. The summed E-state index contributed by atoms with van der Waals surface area (Å²) in [6, 6.07) is 0. The Kier molecular flexibility index (Phi) is 8.06. The number of ether oxygens (including phenoxy) is 1. The SMILES string of the molecule is CC(C)S(=O)(=O)NCC(=O)OCC(C)(C)S(=O)(=O)NCC(N)O. The number of hydrogen-bond acceptors (Lipinski definition) is 8. The smallest absolute Gasteiger partial charge is 0.321 e. The summed E-state index contributed by atoms with van der Waals surface area (Å²) in [6.45, 7) is 4.04. The maximum absolute atomic E-state index is 12.0. The summed E-state index contributed by atoms with van der Waals surface area (Å²) in [5.41, 5.74) is 5.05. The van der Waals surface area contributed by atoms with Crippen molar-refractivity contribution < 1.29 is 31.5 Å². The first-order valence-electron chi connectivity index (χ1n) is 6.78. The van der Waals surface area contributed by atoms with Gasteiger partial charge in [0.15, 0.2) is 0 Å². The van der Waals surface area contributed by atoms with E-state index in [0.29, 0.717) is 0 Å². The maximum Gasteiger partial charge on any atom is 0.321 e. The van der Waals surface area contributed by atoms with Crippen molar-refractivity contribution in [3.05, 3.63) is 0 Å². The first kappa shape index (κ1) is 22.2. The van der Waals surface area contributed by atoms with Crippen LogP contribution in [0, 0.1) is 0 Å². The van der Waals surface area contributed by atoms with Gasteiger partial charge in [-0.1, -0.05) is 0 Å². The topological polar surface area (TPSA) is 165 Å². The van der Waals surface area contributed by atoms with Gasteiger partial charge in [-0.25, -0.2) is 26.3 Å². The maximum atomic E-state index is 12.0. The molecule has 0 saturated heterocycles. The van der Waals surface area contributed by atoms with Crippen LogP contribution in [0.5, 0.6) is 0 Å². The Morgan fingerprint density at radius 1 is 1.22 bits per heavy atom. The van der Waals surface area contributed by atoms with Gasteiger partial charge in [0.1, 0.15) is 24.1 Å². The van der Waals surface area contributed by atoms with Gasteiger partial charge < -0.3 is 15.6 Å². The normalized spacial score (nSPS) is 14.7. The van der Waals surface area contributed by atoms with Gasteiger partial charge in [0.2, 0.25) is 20.0 Å². The molecule has 0 aromatic rings. The van der Waals surface area contributed by atoms with Crippen LogP contribution in [0.15, 0.2) is 0 Å². The van der Waals surface area contributed by atoms with Gasteiger partial charge in [-0.3, -0.25) is 4.79 Å². The summed E-state index contributed by atoms with van der Waals surface area (Å²) < 4.78 is 54.4. The largest absolute Gasteiger partial charge is 0.463 e. The lowest BCUT2D eigenvalue weighted by atomic mass is 10.2. The van der Waals surface area contributed by atoms with Crippen LogP contribution in [-0.4, -0.2) is 63.8 Å². The fourth-order valence-electron chi connectivity index (χ4n) is 1.10. The van der Waals surface area contributed by atoms with Gasteiger partial charge in [-0.2, -0.15) is 0 Å². The van der Waals surface area contributed by atoms with Crippen molar-refractivity contribution in [2.24, 2.45) is 5.73 Å². The summed E-state index contributed by atoms with van der Waals surface area (Å²) in [4.78, 5) is 11.5. The Hall–Kier alpha value is -0.790. The fourth-order valence-corrected chi connectivity index (χ4v) is 2.75. The summed E-state index contributed by atoms with van der Waals surface area (Å²) in [5, 5.41) is 8.18. The molecule has 0 aromatic heterocycles. The van der Waals surface area contributed by atoms with Crippen molar-refractivity contribution in [2.45, 2.75) is 43.9 Å². The van der Waals surface area contributed by atoms with E-state index in [4.69, 9.17) is 15.6 Å². The Morgan fingerprint density at radius 2 is 1.74 bits per heavy atom. The minimum absolute atomic E-state index is 0.381. The molecule has 12 heteroatoms. The summed E-state index contributed by atoms with van der Waals surface area (Å²) in [6.07, 6.45) is -1.35. The average Bonchev–Trinajstić information content (AvgIpc) is 2.40. The molecule has 0 bridgehead atoms. The molecule has 10 nitrogen and oxygen atoms in total. The molecule has 23 heavy (non-hydrogen) atoms. The second kappa shape index (κ2) is 8.35. The standard InChI is InChI=1S/C11H25N3O7S2/c1-8(2)22(17,18)13-6-10(16)21-7-11(3,4)23(19,20)14-5-9(12)15/h8-9,13-15H,5-7,12H2,1-4H3. The Morgan fingerprint density at radius 3 is 2.17 bits per heavy atom. The minimum Gasteiger partial charge on any atom is -0.463 e. The number of aliphatic hydroxyl groups is 1. The molecule has 0 fully saturated rings. The average molecular weight is 375 g/mol. The Balaban J connectivity index is 4.56. The number of aliphatic hydroxyl groups excluding tert-OH is 1. The molecule has 0 radical (unpaired) electrons. The van der Waals surface area contributed by atoms with Gasteiger partial charge in [0.25, 0.3) is 0 Å². The van der Waals surface area contributed by atoms with Crippen molar-refractivity contribution >= 4 is 26.0 Å². The second-order valence-corrected chi connectivity index (χ2v) is 10.5. The zero-order valence-corrected chi connectivity index (χ0v) is 15.2. The number of carbonyl (C=O) groups excluding carboxylic acids is 1. The molecule has 1 unspecified atom stereocenters. The first-order chi connectivity index (χ1) is 10.2. The molecule has 0 aliphatic heterocycles. The molecule has 0 aliphatic rings. The molecule has 5 N–H and O–H groups in total. The van der Waals surface area contributed by atoms with Gasteiger partial charge in [0, 0.05) is 6.54 Å². The van der Waals surface area contributed by atoms with Crippen LogP contribution >= 0.6 is 0 Å². The van der Waals surface area contributed by atoms with Gasteiger partial charge in [-0.15, -0.1) is 0 Å². The van der Waals surface area contributed by atoms with Gasteiger partial charge >= 0.3 is 5.97 Å². The van der Waals surface area contributed by atoms with Crippen molar-refractivity contribution in [1.82, 2.24) is 9.44 Å². The van der Waals surface area contributed by atoms with Crippen LogP contribution in [0.3, 0.4) is 0 Å². The Bertz CT molecular complexity index is 597. The lowest BCUT2D eigenvalue weighted by molar-refractivity contribution is -0.142. The van der Waals surface area contributed by atoms with Crippen molar-refractivity contribution in [3.63, 3.8) is 0 Å². The number of sulfonamides is 2. The van der Waals surface area contributed by atoms with Crippen molar-refractivity contribution in [3.8, 4) is 0 Å². The van der Waals surface area contributed by atoms with Crippen LogP contribution in [0.2, 0.25) is 0 Å². The second-order valence-electron chi connectivity index (χ2n) is 5.75. The minimum atomic E-state index is -3.91. The van der Waals surface area contributed by atoms with E-state index in [1.807, 2.05) is 0 Å². The highest BCUT2D eigenvalue weighted by Gasteiger charge is 2.36. The first-order valence-corrected chi connectivity index (χ1v) is 9.81. The van der Waals surface area contributed by atoms with E-state index in [1.54, 1.807) is 0 Å². The van der Waals surface area contributed by atoms with E-state index in [2.05, 4.69) is 9.44 Å². The molecule has 0 heterocycles. The van der Waals surface area contributed by atoms with Crippen LogP contribution in [0.4, 0.5) is 0 Å². The molecule has 0 aromatic carbocycles. The number of hydrogen-bond donors (Lipinski definition) is 4. The van der Waals surface area contributed by atoms with E-state index in [0.717, 1.165) is 0 Å². The molecule has 1 atom stereocenters. The highest BCUT2D eigenvalue weighted by Crippen LogP contribution is 2.15. The Labute approximate surface area is 136 Å². The van der Waals surface area contributed by atoms with Crippen LogP contribution in [-0.2, 0) is 29.6 Å². The van der Waals surface area contributed by atoms with Crippen LogP contribution in [0.25, 0.3) is 0 Å². The van der Waals surface area contributed by atoms with Crippen molar-refractivity contribution in [2.75, 3.05) is 19.7 Å².